The standard InChI is InChI=1S/C2H8O7P2.Ca.2H2O/c1-2(3,10(4,5)6)11(7,8)9;;;/h3H,1H3,(H2,4,5,6)(H2,7,8,9);;2*1H2. The summed E-state index contributed by atoms with van der Waals surface area (Å²) in [5.74, 6) is 0. The van der Waals surface area contributed by atoms with Crippen LogP contribution in [0.4, 0.5) is 0 Å². The Bertz CT molecular complexity index is 213. The molecular weight excluding hydrogens is 270 g/mol. The van der Waals surface area contributed by atoms with Crippen LogP contribution in [0.3, 0.4) is 0 Å². The first kappa shape index (κ1) is 24.6. The van der Waals surface area contributed by atoms with E-state index in [0.29, 0.717) is 6.92 Å². The Morgan fingerprint density at radius 2 is 1.07 bits per heavy atom. The summed E-state index contributed by atoms with van der Waals surface area (Å²) in [7, 11) is -10.4. The van der Waals surface area contributed by atoms with E-state index in [1.54, 1.807) is 0 Å². The average molecular weight is 282 g/mol. The van der Waals surface area contributed by atoms with Crippen LogP contribution >= 0.6 is 15.2 Å². The summed E-state index contributed by atoms with van der Waals surface area (Å²) in [6.45, 7) is 0.383. The monoisotopic (exact) mass is 282 g/mol. The Morgan fingerprint density at radius 1 is 0.929 bits per heavy atom. The van der Waals surface area contributed by atoms with Crippen LogP contribution in [0.5, 0.6) is 0 Å². The molecule has 0 saturated carbocycles. The van der Waals surface area contributed by atoms with Crippen molar-refractivity contribution in [2.45, 2.75) is 12.0 Å². The van der Waals surface area contributed by atoms with Gasteiger partial charge in [-0.25, -0.2) is 0 Å². The van der Waals surface area contributed by atoms with Crippen LogP contribution in [-0.2, 0) is 9.13 Å². The van der Waals surface area contributed by atoms with Gasteiger partial charge in [-0.15, -0.1) is 0 Å². The molecule has 0 amide bonds. The van der Waals surface area contributed by atoms with Gasteiger partial charge in [-0.1, -0.05) is 0 Å². The van der Waals surface area contributed by atoms with Crippen molar-refractivity contribution in [2.24, 2.45) is 0 Å². The molecule has 0 aliphatic carbocycles. The van der Waals surface area contributed by atoms with Crippen molar-refractivity contribution in [1.82, 2.24) is 0 Å². The normalized spacial score (nSPS) is 11.9. The van der Waals surface area contributed by atoms with Crippen LogP contribution in [-0.4, -0.2) is 78.5 Å². The van der Waals surface area contributed by atoms with Crippen molar-refractivity contribution >= 4 is 52.9 Å². The van der Waals surface area contributed by atoms with E-state index in [4.69, 9.17) is 24.7 Å². The molecule has 0 saturated heterocycles. The van der Waals surface area contributed by atoms with Gasteiger partial charge < -0.3 is 35.6 Å². The van der Waals surface area contributed by atoms with Gasteiger partial charge in [0, 0.05) is 37.7 Å². The Hall–Kier alpha value is 1.44. The SMILES string of the molecule is CC(O)(P(=O)(O)O)P(=O)(O)O.O.O.[Ca]. The van der Waals surface area contributed by atoms with Crippen molar-refractivity contribution in [3.05, 3.63) is 0 Å². The Kier molecular flexibility index (Phi) is 12.1. The van der Waals surface area contributed by atoms with E-state index in [0.717, 1.165) is 0 Å². The first-order valence-electron chi connectivity index (χ1n) is 2.34. The molecule has 0 bridgehead atoms. The fourth-order valence-electron chi connectivity index (χ4n) is 0.170. The van der Waals surface area contributed by atoms with E-state index in [-0.39, 0.29) is 48.7 Å². The summed E-state index contributed by atoms with van der Waals surface area (Å²) >= 11 is 0. The fraction of sp³-hybridized carbons (Fsp3) is 1.00. The molecule has 0 fully saturated rings. The van der Waals surface area contributed by atoms with Crippen LogP contribution in [0.2, 0.25) is 0 Å². The third-order valence-corrected chi connectivity index (χ3v) is 4.87. The van der Waals surface area contributed by atoms with E-state index in [9.17, 15) is 9.13 Å². The number of aliphatic hydroxyl groups is 1. The molecule has 9 N–H and O–H groups in total. The van der Waals surface area contributed by atoms with Crippen LogP contribution < -0.4 is 0 Å². The molecule has 0 aliphatic rings. The maximum Gasteiger partial charge on any atom is 0.369 e. The van der Waals surface area contributed by atoms with Crippen molar-refractivity contribution in [2.75, 3.05) is 0 Å². The first-order valence-corrected chi connectivity index (χ1v) is 5.56. The zero-order valence-corrected chi connectivity index (χ0v) is 11.2. The zero-order valence-electron chi connectivity index (χ0n) is 7.15. The van der Waals surface area contributed by atoms with Gasteiger partial charge in [0.2, 0.25) is 0 Å². The largest absolute Gasteiger partial charge is 0.412 e. The molecular formula is C2H12CaO9P2. The van der Waals surface area contributed by atoms with Crippen LogP contribution in [0.25, 0.3) is 0 Å². The minimum absolute atomic E-state index is 0. The molecule has 0 spiro atoms. The second-order valence-corrected chi connectivity index (χ2v) is 6.33. The molecule has 0 heterocycles. The summed E-state index contributed by atoms with van der Waals surface area (Å²) in [6, 6.07) is 0. The van der Waals surface area contributed by atoms with Gasteiger partial charge in [-0.3, -0.25) is 9.13 Å². The predicted octanol–water partition coefficient (Wildman–Crippen LogP) is -3.02. The number of rotatable bonds is 2. The summed E-state index contributed by atoms with van der Waals surface area (Å²) in [5.41, 5.74) is 0. The quantitative estimate of drug-likeness (QED) is 0.262. The Morgan fingerprint density at radius 3 is 1.07 bits per heavy atom. The predicted molar refractivity (Wildman–Crippen MR) is 47.7 cm³/mol. The molecule has 0 aromatic heterocycles. The van der Waals surface area contributed by atoms with Crippen LogP contribution in [0.15, 0.2) is 0 Å². The van der Waals surface area contributed by atoms with Gasteiger partial charge in [-0.2, -0.15) is 0 Å². The minimum Gasteiger partial charge on any atom is -0.412 e. The Labute approximate surface area is 109 Å². The van der Waals surface area contributed by atoms with Gasteiger partial charge >= 0.3 is 15.2 Å². The van der Waals surface area contributed by atoms with Crippen molar-refractivity contribution < 1.29 is 44.8 Å². The van der Waals surface area contributed by atoms with E-state index in [2.05, 4.69) is 0 Å². The fourth-order valence-corrected chi connectivity index (χ4v) is 1.53. The minimum atomic E-state index is -5.20. The maximum absolute atomic E-state index is 10.3. The van der Waals surface area contributed by atoms with E-state index < -0.39 is 20.3 Å². The zero-order chi connectivity index (χ0) is 9.50. The number of hydrogen-bond donors (Lipinski definition) is 5. The molecule has 9 nitrogen and oxygen atoms in total. The van der Waals surface area contributed by atoms with Crippen LogP contribution in [0.1, 0.15) is 6.92 Å². The smallest absolute Gasteiger partial charge is 0.369 e. The summed E-state index contributed by atoms with van der Waals surface area (Å²) in [4.78, 5) is 33.0. The molecule has 0 aliphatic heterocycles. The molecule has 0 unspecified atom stereocenters. The molecule has 0 atom stereocenters. The Balaban J connectivity index is -0.000000167. The molecule has 0 aromatic carbocycles. The first-order chi connectivity index (χ1) is 4.50. The van der Waals surface area contributed by atoms with Crippen LogP contribution in [0, 0.1) is 0 Å². The van der Waals surface area contributed by atoms with Gasteiger partial charge in [-0.05, 0) is 6.92 Å². The average Bonchev–Trinajstić information content (AvgIpc) is 1.58. The molecule has 0 aromatic rings. The van der Waals surface area contributed by atoms with Crippen molar-refractivity contribution in [1.29, 1.82) is 0 Å². The third kappa shape index (κ3) is 5.50. The van der Waals surface area contributed by atoms with Gasteiger partial charge in [0.15, 0.2) is 0 Å². The second kappa shape index (κ2) is 6.90. The summed E-state index contributed by atoms with van der Waals surface area (Å²) in [5, 5.41) is 5.37. The molecule has 2 radical (unpaired) electrons. The van der Waals surface area contributed by atoms with E-state index in [1.165, 1.54) is 0 Å². The van der Waals surface area contributed by atoms with Crippen molar-refractivity contribution in [3.63, 3.8) is 0 Å². The molecule has 12 heteroatoms. The van der Waals surface area contributed by atoms with Crippen molar-refractivity contribution in [3.8, 4) is 0 Å². The van der Waals surface area contributed by atoms with Gasteiger partial charge in [0.25, 0.3) is 5.08 Å². The van der Waals surface area contributed by atoms with Gasteiger partial charge in [0.05, 0.1) is 0 Å². The van der Waals surface area contributed by atoms with E-state index in [1.807, 2.05) is 0 Å². The summed E-state index contributed by atoms with van der Waals surface area (Å²) < 4.78 is 20.5. The molecule has 86 valence electrons. The molecule has 14 heavy (non-hydrogen) atoms. The second-order valence-electron chi connectivity index (χ2n) is 2.06. The summed E-state index contributed by atoms with van der Waals surface area (Å²) in [6.07, 6.45) is 0. The molecule has 0 rings (SSSR count). The number of hydrogen-bond acceptors (Lipinski definition) is 3. The third-order valence-electron chi connectivity index (χ3n) is 1.10. The van der Waals surface area contributed by atoms with Gasteiger partial charge in [0.1, 0.15) is 0 Å². The maximum atomic E-state index is 10.3. The topological polar surface area (TPSA) is 198 Å². The van der Waals surface area contributed by atoms with E-state index >= 15 is 0 Å².